The number of unbranched alkanes of at least 4 members (excludes halogenated alkanes) is 9. The lowest BCUT2D eigenvalue weighted by Gasteiger charge is -2.36. The Balaban J connectivity index is 1.48. The first-order valence-corrected chi connectivity index (χ1v) is 17.4. The van der Waals surface area contributed by atoms with Crippen LogP contribution in [0.3, 0.4) is 0 Å². The first-order chi connectivity index (χ1) is 20.9. The zero-order valence-corrected chi connectivity index (χ0v) is 27.1. The zero-order valence-electron chi connectivity index (χ0n) is 26.2. The minimum atomic E-state index is -0.975. The predicted octanol–water partition coefficient (Wildman–Crippen LogP) is 7.14. The van der Waals surface area contributed by atoms with Gasteiger partial charge in [0.15, 0.2) is 0 Å². The van der Waals surface area contributed by atoms with Crippen LogP contribution in [0.5, 0.6) is 0 Å². The van der Waals surface area contributed by atoms with E-state index in [-0.39, 0.29) is 18.4 Å². The second-order valence-corrected chi connectivity index (χ2v) is 13.1. The standard InChI is InChI=1S/C35H53N3O4S/c1-2-23-37(24-22-30-16-14-25-43-30)29-20-21-31-28(26-29)15-13-17-32(31)38(27-35(41)42)34(40)19-12-10-8-6-4-3-5-7-9-11-18-33(36)39/h13-17,25,29H,2-12,18-24,26-27H2,1H3,(H2,36,39)(H,41,42)/t29-/m0/s1. The third-order valence-corrected chi connectivity index (χ3v) is 9.57. The maximum Gasteiger partial charge on any atom is 0.323 e. The minimum Gasteiger partial charge on any atom is -0.480 e. The summed E-state index contributed by atoms with van der Waals surface area (Å²) in [5, 5.41) is 11.8. The van der Waals surface area contributed by atoms with E-state index in [2.05, 4.69) is 35.4 Å². The van der Waals surface area contributed by atoms with Gasteiger partial charge in [-0.15, -0.1) is 11.3 Å². The fourth-order valence-corrected chi connectivity index (χ4v) is 7.07. The average Bonchev–Trinajstić information content (AvgIpc) is 3.51. The van der Waals surface area contributed by atoms with Gasteiger partial charge in [0, 0.05) is 36.0 Å². The van der Waals surface area contributed by atoms with Gasteiger partial charge < -0.3 is 15.7 Å². The Kier molecular flexibility index (Phi) is 15.8. The second-order valence-electron chi connectivity index (χ2n) is 12.1. The molecule has 0 radical (unpaired) electrons. The van der Waals surface area contributed by atoms with Crippen molar-refractivity contribution in [1.29, 1.82) is 0 Å². The summed E-state index contributed by atoms with van der Waals surface area (Å²) in [4.78, 5) is 41.5. The molecule has 0 saturated heterocycles. The van der Waals surface area contributed by atoms with Gasteiger partial charge in [-0.2, -0.15) is 0 Å². The van der Waals surface area contributed by atoms with Gasteiger partial charge in [-0.05, 0) is 80.1 Å². The van der Waals surface area contributed by atoms with Gasteiger partial charge in [-0.1, -0.05) is 76.5 Å². The Morgan fingerprint density at radius 1 is 0.907 bits per heavy atom. The Bertz CT molecular complexity index is 1120. The maximum atomic E-state index is 13.3. The van der Waals surface area contributed by atoms with E-state index in [0.29, 0.717) is 18.9 Å². The van der Waals surface area contributed by atoms with Crippen molar-refractivity contribution >= 4 is 34.8 Å². The molecule has 7 nitrogen and oxygen atoms in total. The van der Waals surface area contributed by atoms with Crippen LogP contribution in [-0.4, -0.2) is 53.5 Å². The molecule has 0 bridgehead atoms. The lowest BCUT2D eigenvalue weighted by molar-refractivity contribution is -0.136. The molecule has 43 heavy (non-hydrogen) atoms. The number of fused-ring (bicyclic) bond motifs is 1. The van der Waals surface area contributed by atoms with Crippen LogP contribution in [0.4, 0.5) is 5.69 Å². The van der Waals surface area contributed by atoms with Crippen LogP contribution in [0.2, 0.25) is 0 Å². The van der Waals surface area contributed by atoms with E-state index < -0.39 is 5.97 Å². The third-order valence-electron chi connectivity index (χ3n) is 8.63. The van der Waals surface area contributed by atoms with E-state index in [9.17, 15) is 19.5 Å². The monoisotopic (exact) mass is 611 g/mol. The van der Waals surface area contributed by atoms with Crippen LogP contribution in [0.25, 0.3) is 0 Å². The molecule has 1 aromatic heterocycles. The van der Waals surface area contributed by atoms with Crippen molar-refractivity contribution in [1.82, 2.24) is 4.90 Å². The molecule has 1 aromatic carbocycles. The quantitative estimate of drug-likeness (QED) is 0.138. The van der Waals surface area contributed by atoms with Crippen LogP contribution in [0, 0.1) is 0 Å². The maximum absolute atomic E-state index is 13.3. The topological polar surface area (TPSA) is 104 Å². The molecule has 3 rings (SSSR count). The lowest BCUT2D eigenvalue weighted by Crippen LogP contribution is -2.42. The number of aliphatic carboxylic acids is 1. The number of carboxylic acid groups (broad SMARTS) is 1. The van der Waals surface area contributed by atoms with Crippen LogP contribution < -0.4 is 10.6 Å². The van der Waals surface area contributed by atoms with E-state index in [1.807, 2.05) is 23.5 Å². The molecule has 2 aromatic rings. The summed E-state index contributed by atoms with van der Waals surface area (Å²) in [6.45, 7) is 4.07. The number of thiophene rings is 1. The highest BCUT2D eigenvalue weighted by Gasteiger charge is 2.28. The number of carbonyl (C=O) groups is 3. The average molecular weight is 612 g/mol. The summed E-state index contributed by atoms with van der Waals surface area (Å²) in [5.41, 5.74) is 8.37. The van der Waals surface area contributed by atoms with Crippen molar-refractivity contribution < 1.29 is 19.5 Å². The van der Waals surface area contributed by atoms with Crippen molar-refractivity contribution in [3.05, 3.63) is 51.7 Å². The summed E-state index contributed by atoms with van der Waals surface area (Å²) in [6, 6.07) is 10.9. The summed E-state index contributed by atoms with van der Waals surface area (Å²) < 4.78 is 0. The first-order valence-electron chi connectivity index (χ1n) is 16.6. The van der Waals surface area contributed by atoms with E-state index in [4.69, 9.17) is 5.73 Å². The predicted molar refractivity (Wildman–Crippen MR) is 177 cm³/mol. The molecule has 0 spiro atoms. The Hall–Kier alpha value is -2.71. The molecule has 2 amide bonds. The van der Waals surface area contributed by atoms with Crippen molar-refractivity contribution in [3.63, 3.8) is 0 Å². The van der Waals surface area contributed by atoms with E-state index in [1.54, 1.807) is 0 Å². The molecule has 0 saturated carbocycles. The highest BCUT2D eigenvalue weighted by molar-refractivity contribution is 7.09. The molecule has 0 fully saturated rings. The van der Waals surface area contributed by atoms with Gasteiger partial charge in [0.1, 0.15) is 6.54 Å². The smallest absolute Gasteiger partial charge is 0.323 e. The molecule has 1 heterocycles. The number of amides is 2. The number of anilines is 1. The molecule has 0 aliphatic heterocycles. The number of carboxylic acids is 1. The van der Waals surface area contributed by atoms with Crippen molar-refractivity contribution in [2.45, 2.75) is 122 Å². The number of carbonyl (C=O) groups excluding carboxylic acids is 2. The van der Waals surface area contributed by atoms with E-state index in [0.717, 1.165) is 101 Å². The molecule has 3 N–H and O–H groups in total. The van der Waals surface area contributed by atoms with Crippen LogP contribution >= 0.6 is 11.3 Å². The van der Waals surface area contributed by atoms with Gasteiger partial charge in [0.25, 0.3) is 0 Å². The fraction of sp³-hybridized carbons (Fsp3) is 0.629. The SMILES string of the molecule is CCCN(CCc1cccs1)[C@H]1CCc2c(cccc2N(CC(=O)O)C(=O)CCCCCCCCCCCCC(N)=O)C1. The number of benzene rings is 1. The summed E-state index contributed by atoms with van der Waals surface area (Å²) >= 11 is 1.82. The second kappa shape index (κ2) is 19.5. The summed E-state index contributed by atoms with van der Waals surface area (Å²) in [6.07, 6.45) is 16.6. The van der Waals surface area contributed by atoms with E-state index in [1.165, 1.54) is 34.6 Å². The fourth-order valence-electron chi connectivity index (χ4n) is 6.37. The molecular weight excluding hydrogens is 558 g/mol. The largest absolute Gasteiger partial charge is 0.480 e. The molecule has 1 aliphatic rings. The normalized spacial score (nSPS) is 14.5. The van der Waals surface area contributed by atoms with Crippen molar-refractivity contribution in [2.75, 3.05) is 24.5 Å². The van der Waals surface area contributed by atoms with E-state index >= 15 is 0 Å². The number of nitrogens with two attached hydrogens (primary N) is 1. The van der Waals surface area contributed by atoms with Gasteiger partial charge >= 0.3 is 5.97 Å². The Morgan fingerprint density at radius 2 is 1.58 bits per heavy atom. The molecular formula is C35H53N3O4S. The number of hydrogen-bond donors (Lipinski definition) is 2. The molecule has 0 unspecified atom stereocenters. The highest BCUT2D eigenvalue weighted by Crippen LogP contribution is 2.33. The van der Waals surface area contributed by atoms with Crippen LogP contribution in [0.1, 0.15) is 113 Å². The number of hydrogen-bond acceptors (Lipinski definition) is 5. The minimum absolute atomic E-state index is 0.0857. The van der Waals surface area contributed by atoms with Gasteiger partial charge in [-0.3, -0.25) is 19.3 Å². The zero-order chi connectivity index (χ0) is 30.9. The molecule has 1 atom stereocenters. The van der Waals surface area contributed by atoms with Crippen molar-refractivity contribution in [2.24, 2.45) is 5.73 Å². The number of nitrogens with zero attached hydrogens (tertiary/aromatic N) is 2. The molecule has 1 aliphatic carbocycles. The Labute approximate surface area is 262 Å². The first kappa shape index (κ1) is 34.8. The third kappa shape index (κ3) is 12.4. The summed E-state index contributed by atoms with van der Waals surface area (Å²) in [5.74, 6) is -1.27. The number of primary amides is 1. The van der Waals surface area contributed by atoms with Crippen LogP contribution in [-0.2, 0) is 33.6 Å². The van der Waals surface area contributed by atoms with Gasteiger partial charge in [0.2, 0.25) is 11.8 Å². The Morgan fingerprint density at radius 3 is 2.19 bits per heavy atom. The van der Waals surface area contributed by atoms with Crippen LogP contribution in [0.15, 0.2) is 35.7 Å². The lowest BCUT2D eigenvalue weighted by atomic mass is 9.85. The van der Waals surface area contributed by atoms with Crippen molar-refractivity contribution in [3.8, 4) is 0 Å². The van der Waals surface area contributed by atoms with Gasteiger partial charge in [-0.25, -0.2) is 0 Å². The molecule has 238 valence electrons. The summed E-state index contributed by atoms with van der Waals surface area (Å²) in [7, 11) is 0. The van der Waals surface area contributed by atoms with Gasteiger partial charge in [0.05, 0.1) is 0 Å². The highest BCUT2D eigenvalue weighted by atomic mass is 32.1. The number of rotatable bonds is 22. The molecule has 8 heteroatoms.